The Morgan fingerprint density at radius 2 is 1.91 bits per heavy atom. The van der Waals surface area contributed by atoms with Gasteiger partial charge in [-0.3, -0.25) is 9.78 Å². The highest BCUT2D eigenvalue weighted by Crippen LogP contribution is 2.17. The van der Waals surface area contributed by atoms with Crippen molar-refractivity contribution in [3.8, 4) is 0 Å². The summed E-state index contributed by atoms with van der Waals surface area (Å²) in [5, 5.41) is 8.39. The SMILES string of the molecule is CC(=O)Nc1cccc(C(C)NC(=O)NCc2ccncc2)c1. The average Bonchev–Trinajstić information content (AvgIpc) is 2.53. The number of carbonyl (C=O) groups excluding carboxylic acids is 2. The van der Waals surface area contributed by atoms with Crippen molar-refractivity contribution in [2.75, 3.05) is 5.32 Å². The van der Waals surface area contributed by atoms with Gasteiger partial charge in [0, 0.05) is 31.5 Å². The van der Waals surface area contributed by atoms with Crippen LogP contribution < -0.4 is 16.0 Å². The zero-order chi connectivity index (χ0) is 16.7. The van der Waals surface area contributed by atoms with Gasteiger partial charge >= 0.3 is 6.03 Å². The zero-order valence-electron chi connectivity index (χ0n) is 13.2. The van der Waals surface area contributed by atoms with Gasteiger partial charge in [-0.2, -0.15) is 0 Å². The Bertz CT molecular complexity index is 673. The van der Waals surface area contributed by atoms with E-state index >= 15 is 0 Å². The maximum atomic E-state index is 12.0. The summed E-state index contributed by atoms with van der Waals surface area (Å²) in [4.78, 5) is 27.0. The highest BCUT2D eigenvalue weighted by Gasteiger charge is 2.10. The molecule has 0 spiro atoms. The summed E-state index contributed by atoms with van der Waals surface area (Å²) in [6, 6.07) is 10.7. The molecular formula is C17H20N4O2. The molecule has 0 radical (unpaired) electrons. The molecule has 0 aliphatic heterocycles. The van der Waals surface area contributed by atoms with Crippen molar-refractivity contribution in [1.82, 2.24) is 15.6 Å². The van der Waals surface area contributed by atoms with Crippen molar-refractivity contribution in [3.05, 3.63) is 59.9 Å². The maximum Gasteiger partial charge on any atom is 0.315 e. The highest BCUT2D eigenvalue weighted by atomic mass is 16.2. The van der Waals surface area contributed by atoms with Crippen LogP contribution in [0, 0.1) is 0 Å². The quantitative estimate of drug-likeness (QED) is 0.793. The Labute approximate surface area is 135 Å². The molecule has 2 aromatic rings. The number of pyridine rings is 1. The van der Waals surface area contributed by atoms with Gasteiger partial charge in [-0.05, 0) is 42.3 Å². The zero-order valence-corrected chi connectivity index (χ0v) is 13.2. The summed E-state index contributed by atoms with van der Waals surface area (Å²) in [6.45, 7) is 3.78. The molecule has 1 aromatic carbocycles. The van der Waals surface area contributed by atoms with Gasteiger partial charge in [0.25, 0.3) is 0 Å². The molecule has 3 N–H and O–H groups in total. The lowest BCUT2D eigenvalue weighted by Gasteiger charge is -2.16. The fourth-order valence-corrected chi connectivity index (χ4v) is 2.10. The van der Waals surface area contributed by atoms with E-state index in [1.54, 1.807) is 18.5 Å². The van der Waals surface area contributed by atoms with Crippen LogP contribution in [0.25, 0.3) is 0 Å². The van der Waals surface area contributed by atoms with E-state index in [1.807, 2.05) is 37.3 Å². The lowest BCUT2D eigenvalue weighted by atomic mass is 10.1. The van der Waals surface area contributed by atoms with E-state index in [9.17, 15) is 9.59 Å². The molecule has 0 aliphatic rings. The molecule has 120 valence electrons. The molecule has 0 aliphatic carbocycles. The molecule has 0 saturated carbocycles. The maximum absolute atomic E-state index is 12.0. The molecule has 3 amide bonds. The molecule has 0 saturated heterocycles. The van der Waals surface area contributed by atoms with Crippen LogP contribution in [0.3, 0.4) is 0 Å². The van der Waals surface area contributed by atoms with Crippen LogP contribution in [-0.4, -0.2) is 16.9 Å². The lowest BCUT2D eigenvalue weighted by Crippen LogP contribution is -2.36. The standard InChI is InChI=1S/C17H20N4O2/c1-12(15-4-3-5-16(10-15)21-13(2)22)20-17(23)19-11-14-6-8-18-9-7-14/h3-10,12H,11H2,1-2H3,(H,21,22)(H2,19,20,23). The second-order valence-electron chi connectivity index (χ2n) is 5.21. The van der Waals surface area contributed by atoms with Crippen molar-refractivity contribution in [3.63, 3.8) is 0 Å². The number of hydrogen-bond acceptors (Lipinski definition) is 3. The van der Waals surface area contributed by atoms with Gasteiger partial charge in [-0.1, -0.05) is 12.1 Å². The van der Waals surface area contributed by atoms with Gasteiger partial charge in [-0.15, -0.1) is 0 Å². The van der Waals surface area contributed by atoms with E-state index in [-0.39, 0.29) is 18.0 Å². The topological polar surface area (TPSA) is 83.1 Å². The van der Waals surface area contributed by atoms with E-state index in [0.717, 1.165) is 11.1 Å². The summed E-state index contributed by atoms with van der Waals surface area (Å²) >= 11 is 0. The number of benzene rings is 1. The third-order valence-corrected chi connectivity index (χ3v) is 3.26. The first kappa shape index (κ1) is 16.5. The van der Waals surface area contributed by atoms with Crippen LogP contribution in [0.15, 0.2) is 48.8 Å². The molecule has 1 unspecified atom stereocenters. The fourth-order valence-electron chi connectivity index (χ4n) is 2.10. The second kappa shape index (κ2) is 7.93. The van der Waals surface area contributed by atoms with Crippen molar-refractivity contribution in [2.24, 2.45) is 0 Å². The predicted molar refractivity (Wildman–Crippen MR) is 88.8 cm³/mol. The normalized spacial score (nSPS) is 11.4. The molecule has 6 nitrogen and oxygen atoms in total. The number of amides is 3. The molecule has 6 heteroatoms. The Morgan fingerprint density at radius 1 is 1.17 bits per heavy atom. The van der Waals surface area contributed by atoms with E-state index in [1.165, 1.54) is 6.92 Å². The first-order valence-corrected chi connectivity index (χ1v) is 7.35. The van der Waals surface area contributed by atoms with Gasteiger partial charge in [0.05, 0.1) is 6.04 Å². The third kappa shape index (κ3) is 5.43. The van der Waals surface area contributed by atoms with Crippen LogP contribution in [0.1, 0.15) is 31.0 Å². The number of carbonyl (C=O) groups is 2. The van der Waals surface area contributed by atoms with E-state index in [0.29, 0.717) is 12.2 Å². The van der Waals surface area contributed by atoms with Crippen molar-refractivity contribution >= 4 is 17.6 Å². The van der Waals surface area contributed by atoms with Crippen LogP contribution in [0.2, 0.25) is 0 Å². The molecule has 1 heterocycles. The van der Waals surface area contributed by atoms with Crippen LogP contribution in [0.4, 0.5) is 10.5 Å². The minimum atomic E-state index is -0.251. The highest BCUT2D eigenvalue weighted by molar-refractivity contribution is 5.88. The molecule has 2 rings (SSSR count). The number of nitrogens with zero attached hydrogens (tertiary/aromatic N) is 1. The predicted octanol–water partition coefficient (Wildman–Crippen LogP) is 2.60. The molecule has 0 bridgehead atoms. The Hall–Kier alpha value is -2.89. The Kier molecular flexibility index (Phi) is 5.68. The Balaban J connectivity index is 1.89. The van der Waals surface area contributed by atoms with Crippen molar-refractivity contribution < 1.29 is 9.59 Å². The number of rotatable bonds is 5. The van der Waals surface area contributed by atoms with Crippen LogP contribution in [0.5, 0.6) is 0 Å². The summed E-state index contributed by atoms with van der Waals surface area (Å²) in [5.74, 6) is -0.127. The number of urea groups is 1. The van der Waals surface area contributed by atoms with Gasteiger partial charge in [0.1, 0.15) is 0 Å². The van der Waals surface area contributed by atoms with Crippen molar-refractivity contribution in [1.29, 1.82) is 0 Å². The number of anilines is 1. The second-order valence-corrected chi connectivity index (χ2v) is 5.21. The molecular weight excluding hydrogens is 292 g/mol. The first-order chi connectivity index (χ1) is 11.0. The van der Waals surface area contributed by atoms with Crippen molar-refractivity contribution in [2.45, 2.75) is 26.4 Å². The molecule has 1 aromatic heterocycles. The van der Waals surface area contributed by atoms with Crippen LogP contribution in [-0.2, 0) is 11.3 Å². The number of aromatic nitrogens is 1. The van der Waals surface area contributed by atoms with E-state index in [2.05, 4.69) is 20.9 Å². The summed E-state index contributed by atoms with van der Waals surface area (Å²) in [5.41, 5.74) is 2.60. The fraction of sp³-hybridized carbons (Fsp3) is 0.235. The van der Waals surface area contributed by atoms with E-state index < -0.39 is 0 Å². The van der Waals surface area contributed by atoms with Crippen LogP contribution >= 0.6 is 0 Å². The molecule has 23 heavy (non-hydrogen) atoms. The minimum absolute atomic E-state index is 0.127. The number of hydrogen-bond donors (Lipinski definition) is 3. The third-order valence-electron chi connectivity index (χ3n) is 3.26. The molecule has 1 atom stereocenters. The van der Waals surface area contributed by atoms with E-state index in [4.69, 9.17) is 0 Å². The van der Waals surface area contributed by atoms with Gasteiger partial charge in [-0.25, -0.2) is 4.79 Å². The smallest absolute Gasteiger partial charge is 0.315 e. The first-order valence-electron chi connectivity index (χ1n) is 7.35. The van der Waals surface area contributed by atoms with Gasteiger partial charge < -0.3 is 16.0 Å². The van der Waals surface area contributed by atoms with Gasteiger partial charge in [0.15, 0.2) is 0 Å². The Morgan fingerprint density at radius 3 is 2.61 bits per heavy atom. The minimum Gasteiger partial charge on any atom is -0.334 e. The monoisotopic (exact) mass is 312 g/mol. The summed E-state index contributed by atoms with van der Waals surface area (Å²) in [6.07, 6.45) is 3.37. The summed E-state index contributed by atoms with van der Waals surface area (Å²) in [7, 11) is 0. The number of nitrogens with one attached hydrogen (secondary N) is 3. The lowest BCUT2D eigenvalue weighted by molar-refractivity contribution is -0.114. The average molecular weight is 312 g/mol. The largest absolute Gasteiger partial charge is 0.334 e. The van der Waals surface area contributed by atoms with Gasteiger partial charge in [0.2, 0.25) is 5.91 Å². The molecule has 0 fully saturated rings. The summed E-state index contributed by atoms with van der Waals surface area (Å²) < 4.78 is 0.